The van der Waals surface area contributed by atoms with Crippen LogP contribution in [0.4, 0.5) is 0 Å². The lowest BCUT2D eigenvalue weighted by Crippen LogP contribution is -2.44. The number of hydrogen-bond acceptors (Lipinski definition) is 3. The van der Waals surface area contributed by atoms with Crippen LogP contribution < -0.4 is 10.5 Å². The van der Waals surface area contributed by atoms with Gasteiger partial charge in [0.2, 0.25) is 0 Å². The molecular weight excluding hydrogens is 254 g/mol. The summed E-state index contributed by atoms with van der Waals surface area (Å²) in [6, 6.07) is 8.00. The molecule has 0 aromatic heterocycles. The number of carbonyl (C=O) groups is 1. The third kappa shape index (κ3) is 4.53. The fraction of sp³-hybridized carbons (Fsp3) is 0.562. The number of aliphatic carboxylic acids is 1. The summed E-state index contributed by atoms with van der Waals surface area (Å²) in [5.74, 6) is 0.360. The highest BCUT2D eigenvalue weighted by Crippen LogP contribution is 2.28. The van der Waals surface area contributed by atoms with Crippen LogP contribution in [0, 0.1) is 0 Å². The number of para-hydroxylation sites is 1. The van der Waals surface area contributed by atoms with Crippen molar-refractivity contribution in [2.75, 3.05) is 6.61 Å². The molecule has 0 spiro atoms. The van der Waals surface area contributed by atoms with Gasteiger partial charge in [-0.3, -0.25) is 4.79 Å². The lowest BCUT2D eigenvalue weighted by molar-refractivity contribution is -0.142. The molecule has 1 rings (SSSR count). The van der Waals surface area contributed by atoms with Crippen molar-refractivity contribution < 1.29 is 14.6 Å². The van der Waals surface area contributed by atoms with E-state index >= 15 is 0 Å². The van der Waals surface area contributed by atoms with E-state index in [4.69, 9.17) is 15.6 Å². The van der Waals surface area contributed by atoms with Crippen molar-refractivity contribution in [2.45, 2.75) is 51.5 Å². The predicted octanol–water partition coefficient (Wildman–Crippen LogP) is 3.16. The van der Waals surface area contributed by atoms with Gasteiger partial charge in [-0.05, 0) is 43.7 Å². The maximum Gasteiger partial charge on any atom is 0.323 e. The number of hydrogen-bond donors (Lipinski definition) is 2. The van der Waals surface area contributed by atoms with E-state index in [1.807, 2.05) is 18.2 Å². The first-order valence-electron chi connectivity index (χ1n) is 7.12. The van der Waals surface area contributed by atoms with Crippen LogP contribution in [0.2, 0.25) is 0 Å². The summed E-state index contributed by atoms with van der Waals surface area (Å²) in [6.07, 6.45) is 2.07. The highest BCUT2D eigenvalue weighted by Gasteiger charge is 2.26. The first-order valence-corrected chi connectivity index (χ1v) is 7.12. The highest BCUT2D eigenvalue weighted by atomic mass is 16.5. The van der Waals surface area contributed by atoms with Crippen LogP contribution in [0.25, 0.3) is 0 Å². The number of nitrogens with two attached hydrogens (primary N) is 1. The van der Waals surface area contributed by atoms with Crippen LogP contribution in [-0.2, 0) is 4.79 Å². The molecule has 0 heterocycles. The summed E-state index contributed by atoms with van der Waals surface area (Å²) >= 11 is 0. The number of rotatable bonds is 8. The Hall–Kier alpha value is -1.55. The van der Waals surface area contributed by atoms with Crippen LogP contribution in [0.3, 0.4) is 0 Å². The Balaban J connectivity index is 2.53. The molecular formula is C16H25NO3. The lowest BCUT2D eigenvalue weighted by atomic mass is 9.97. The van der Waals surface area contributed by atoms with Gasteiger partial charge in [-0.1, -0.05) is 32.0 Å². The molecule has 0 amide bonds. The van der Waals surface area contributed by atoms with Gasteiger partial charge in [0.25, 0.3) is 0 Å². The molecule has 0 aliphatic rings. The molecule has 4 heteroatoms. The molecule has 0 fully saturated rings. The van der Waals surface area contributed by atoms with Crippen molar-refractivity contribution >= 4 is 5.97 Å². The van der Waals surface area contributed by atoms with E-state index in [0.717, 1.165) is 12.2 Å². The van der Waals surface area contributed by atoms with Gasteiger partial charge >= 0.3 is 5.97 Å². The molecule has 2 unspecified atom stereocenters. The maximum absolute atomic E-state index is 10.9. The van der Waals surface area contributed by atoms with Crippen LogP contribution in [0.15, 0.2) is 24.3 Å². The Labute approximate surface area is 120 Å². The summed E-state index contributed by atoms with van der Waals surface area (Å²) in [7, 11) is 0. The molecule has 0 aliphatic carbocycles. The van der Waals surface area contributed by atoms with Gasteiger partial charge in [-0.15, -0.1) is 0 Å². The van der Waals surface area contributed by atoms with Crippen LogP contribution in [-0.4, -0.2) is 23.2 Å². The van der Waals surface area contributed by atoms with Gasteiger partial charge < -0.3 is 15.6 Å². The minimum atomic E-state index is -1.18. The Bertz CT molecular complexity index is 443. The van der Waals surface area contributed by atoms with Crippen molar-refractivity contribution in [3.05, 3.63) is 29.8 Å². The average molecular weight is 279 g/mol. The summed E-state index contributed by atoms with van der Waals surface area (Å²) < 4.78 is 5.79. The molecule has 2 atom stereocenters. The molecule has 3 N–H and O–H groups in total. The summed E-state index contributed by atoms with van der Waals surface area (Å²) in [6.45, 7) is 6.33. The fourth-order valence-corrected chi connectivity index (χ4v) is 1.97. The summed E-state index contributed by atoms with van der Waals surface area (Å²) in [5, 5.41) is 8.94. The van der Waals surface area contributed by atoms with Gasteiger partial charge in [0.1, 0.15) is 11.3 Å². The zero-order chi connectivity index (χ0) is 15.2. The van der Waals surface area contributed by atoms with Gasteiger partial charge in [-0.2, -0.15) is 0 Å². The Kier molecular flexibility index (Phi) is 6.02. The third-order valence-corrected chi connectivity index (χ3v) is 3.65. The Morgan fingerprint density at radius 1 is 1.45 bits per heavy atom. The lowest BCUT2D eigenvalue weighted by Gasteiger charge is -2.20. The van der Waals surface area contributed by atoms with Crippen LogP contribution in [0.1, 0.15) is 51.5 Å². The maximum atomic E-state index is 10.9. The largest absolute Gasteiger partial charge is 0.493 e. The molecule has 0 saturated carbocycles. The topological polar surface area (TPSA) is 72.5 Å². The second-order valence-corrected chi connectivity index (χ2v) is 5.52. The van der Waals surface area contributed by atoms with Crippen molar-refractivity contribution in [1.29, 1.82) is 0 Å². The van der Waals surface area contributed by atoms with Crippen molar-refractivity contribution in [1.82, 2.24) is 0 Å². The van der Waals surface area contributed by atoms with E-state index in [1.54, 1.807) is 0 Å². The third-order valence-electron chi connectivity index (χ3n) is 3.65. The molecule has 0 saturated heterocycles. The first kappa shape index (κ1) is 16.5. The minimum absolute atomic E-state index is 0.397. The standard InChI is InChI=1S/C16H25NO3/c1-4-12(2)13-8-5-6-9-14(13)20-11-7-10-16(3,17)15(18)19/h5-6,8-9,12H,4,7,10-11,17H2,1-3H3,(H,18,19). The van der Waals surface area contributed by atoms with E-state index < -0.39 is 11.5 Å². The number of benzene rings is 1. The molecule has 0 radical (unpaired) electrons. The minimum Gasteiger partial charge on any atom is -0.493 e. The number of carboxylic acid groups (broad SMARTS) is 1. The molecule has 0 bridgehead atoms. The molecule has 1 aromatic rings. The van der Waals surface area contributed by atoms with Crippen molar-refractivity contribution in [3.63, 3.8) is 0 Å². The predicted molar refractivity (Wildman–Crippen MR) is 80.1 cm³/mol. The second kappa shape index (κ2) is 7.29. The second-order valence-electron chi connectivity index (χ2n) is 5.52. The van der Waals surface area contributed by atoms with Gasteiger partial charge in [-0.25, -0.2) is 0 Å². The first-order chi connectivity index (χ1) is 9.38. The van der Waals surface area contributed by atoms with E-state index in [2.05, 4.69) is 19.9 Å². The van der Waals surface area contributed by atoms with Crippen molar-refractivity contribution in [2.24, 2.45) is 5.73 Å². The normalized spacial score (nSPS) is 15.4. The average Bonchev–Trinajstić information content (AvgIpc) is 2.43. The van der Waals surface area contributed by atoms with Gasteiger partial charge in [0, 0.05) is 0 Å². The van der Waals surface area contributed by atoms with E-state index in [0.29, 0.717) is 25.4 Å². The van der Waals surface area contributed by atoms with Crippen LogP contribution in [0.5, 0.6) is 5.75 Å². The van der Waals surface area contributed by atoms with Gasteiger partial charge in [0.15, 0.2) is 0 Å². The highest BCUT2D eigenvalue weighted by molar-refractivity contribution is 5.77. The molecule has 20 heavy (non-hydrogen) atoms. The molecule has 1 aromatic carbocycles. The fourth-order valence-electron chi connectivity index (χ4n) is 1.97. The smallest absolute Gasteiger partial charge is 0.323 e. The number of carboxylic acids is 1. The van der Waals surface area contributed by atoms with E-state index in [9.17, 15) is 4.79 Å². The zero-order valence-corrected chi connectivity index (χ0v) is 12.6. The Morgan fingerprint density at radius 3 is 2.70 bits per heavy atom. The van der Waals surface area contributed by atoms with E-state index in [1.165, 1.54) is 12.5 Å². The molecule has 112 valence electrons. The summed E-state index contributed by atoms with van der Waals surface area (Å²) in [4.78, 5) is 10.9. The number of ether oxygens (including phenoxy) is 1. The van der Waals surface area contributed by atoms with Crippen LogP contribution >= 0.6 is 0 Å². The summed E-state index contributed by atoms with van der Waals surface area (Å²) in [5.41, 5.74) is 5.70. The van der Waals surface area contributed by atoms with E-state index in [-0.39, 0.29) is 0 Å². The molecule has 0 aliphatic heterocycles. The SMILES string of the molecule is CCC(C)c1ccccc1OCCCC(C)(N)C(=O)O. The zero-order valence-electron chi connectivity index (χ0n) is 12.6. The van der Waals surface area contributed by atoms with Gasteiger partial charge in [0.05, 0.1) is 6.61 Å². The quantitative estimate of drug-likeness (QED) is 0.717. The molecule has 4 nitrogen and oxygen atoms in total. The Morgan fingerprint density at radius 2 is 2.10 bits per heavy atom. The van der Waals surface area contributed by atoms with Crippen molar-refractivity contribution in [3.8, 4) is 5.75 Å². The monoisotopic (exact) mass is 279 g/mol.